The molecule has 10 heteroatoms. The highest BCUT2D eigenvalue weighted by Crippen LogP contribution is 2.37. The topological polar surface area (TPSA) is 86.8 Å². The van der Waals surface area contributed by atoms with E-state index in [1.165, 1.54) is 38.2 Å². The Bertz CT molecular complexity index is 1120. The summed E-state index contributed by atoms with van der Waals surface area (Å²) < 4.78 is 26.5. The summed E-state index contributed by atoms with van der Waals surface area (Å²) in [5.74, 6) is 1.08. The van der Waals surface area contributed by atoms with Crippen LogP contribution in [0.25, 0.3) is 6.08 Å². The van der Waals surface area contributed by atoms with Gasteiger partial charge < -0.3 is 28.6 Å². The number of amides is 1. The Labute approximate surface area is 203 Å². The minimum Gasteiger partial charge on any atom is -0.496 e. The maximum atomic E-state index is 13.5. The van der Waals surface area contributed by atoms with Gasteiger partial charge in [0.25, 0.3) is 5.91 Å². The van der Waals surface area contributed by atoms with E-state index in [4.69, 9.17) is 35.9 Å². The summed E-state index contributed by atoms with van der Waals surface area (Å²) in [6.45, 7) is 2.17. The van der Waals surface area contributed by atoms with E-state index in [-0.39, 0.29) is 17.4 Å². The molecule has 9 nitrogen and oxygen atoms in total. The highest BCUT2D eigenvalue weighted by molar-refractivity contribution is 7.80. The molecular weight excluding hydrogens is 460 g/mol. The summed E-state index contributed by atoms with van der Waals surface area (Å²) in [5.41, 5.74) is 1.25. The molecule has 0 N–H and O–H groups in total. The Balaban J connectivity index is 2.10. The molecule has 1 fully saturated rings. The number of nitrogens with zero attached hydrogens (tertiary/aromatic N) is 2. The van der Waals surface area contributed by atoms with Crippen LogP contribution in [0.5, 0.6) is 23.0 Å². The zero-order valence-corrected chi connectivity index (χ0v) is 20.4. The van der Waals surface area contributed by atoms with E-state index in [1.807, 2.05) is 6.92 Å². The predicted octanol–water partition coefficient (Wildman–Crippen LogP) is 3.26. The van der Waals surface area contributed by atoms with Crippen LogP contribution in [-0.2, 0) is 14.3 Å². The van der Waals surface area contributed by atoms with E-state index in [9.17, 15) is 9.59 Å². The molecule has 1 amide bonds. The van der Waals surface area contributed by atoms with Crippen molar-refractivity contribution in [3.8, 4) is 23.0 Å². The number of carbonyl (C=O) groups is 2. The molecule has 0 radical (unpaired) electrons. The Morgan fingerprint density at radius 1 is 0.971 bits per heavy atom. The molecule has 1 aliphatic rings. The first-order valence-electron chi connectivity index (χ1n) is 10.4. The van der Waals surface area contributed by atoms with Crippen LogP contribution in [-0.4, -0.2) is 63.5 Å². The first-order chi connectivity index (χ1) is 16.4. The van der Waals surface area contributed by atoms with Crippen molar-refractivity contribution in [2.45, 2.75) is 6.92 Å². The standard InChI is InChI=1S/C24H26N2O7S/c1-6-33-17-9-7-16(8-10-17)26-23(28)18(25(24(26)34)14-22(27)32-5)11-15-12-20(30-3)21(31-4)13-19(15)29-2/h7-13H,6,14H2,1-5H3/b18-11-. The van der Waals surface area contributed by atoms with Gasteiger partial charge in [0.1, 0.15) is 23.7 Å². The quantitative estimate of drug-likeness (QED) is 0.301. The second kappa shape index (κ2) is 10.9. The van der Waals surface area contributed by atoms with E-state index in [0.29, 0.717) is 40.9 Å². The summed E-state index contributed by atoms with van der Waals surface area (Å²) in [4.78, 5) is 28.4. The Morgan fingerprint density at radius 2 is 1.59 bits per heavy atom. The van der Waals surface area contributed by atoms with Gasteiger partial charge in [-0.1, -0.05) is 0 Å². The number of hydrogen-bond donors (Lipinski definition) is 0. The van der Waals surface area contributed by atoms with Crippen molar-refractivity contribution in [1.82, 2.24) is 4.90 Å². The predicted molar refractivity (Wildman–Crippen MR) is 130 cm³/mol. The van der Waals surface area contributed by atoms with E-state index < -0.39 is 11.9 Å². The summed E-state index contributed by atoms with van der Waals surface area (Å²) in [6.07, 6.45) is 1.59. The van der Waals surface area contributed by atoms with Crippen molar-refractivity contribution in [1.29, 1.82) is 0 Å². The maximum Gasteiger partial charge on any atom is 0.325 e. The van der Waals surface area contributed by atoms with E-state index >= 15 is 0 Å². The van der Waals surface area contributed by atoms with Gasteiger partial charge in [0.2, 0.25) is 0 Å². The number of methoxy groups -OCH3 is 4. The number of benzene rings is 2. The van der Waals surface area contributed by atoms with E-state index in [0.717, 1.165) is 0 Å². The van der Waals surface area contributed by atoms with Gasteiger partial charge in [0, 0.05) is 11.6 Å². The molecular formula is C24H26N2O7S. The second-order valence-corrected chi connectivity index (χ2v) is 7.36. The van der Waals surface area contributed by atoms with Crippen molar-refractivity contribution in [2.75, 3.05) is 46.5 Å². The molecule has 180 valence electrons. The van der Waals surface area contributed by atoms with Crippen molar-refractivity contribution in [3.63, 3.8) is 0 Å². The van der Waals surface area contributed by atoms with Crippen molar-refractivity contribution in [3.05, 3.63) is 47.7 Å². The summed E-state index contributed by atoms with van der Waals surface area (Å²) >= 11 is 5.59. The fourth-order valence-corrected chi connectivity index (χ4v) is 3.78. The molecule has 0 spiro atoms. The van der Waals surface area contributed by atoms with Gasteiger partial charge >= 0.3 is 5.97 Å². The van der Waals surface area contributed by atoms with Gasteiger partial charge in [-0.15, -0.1) is 0 Å². The Kier molecular flexibility index (Phi) is 7.95. The van der Waals surface area contributed by atoms with Crippen LogP contribution in [0.2, 0.25) is 0 Å². The van der Waals surface area contributed by atoms with E-state index in [2.05, 4.69) is 0 Å². The molecule has 2 aromatic carbocycles. The van der Waals surface area contributed by atoms with Crippen LogP contribution in [0.1, 0.15) is 12.5 Å². The van der Waals surface area contributed by atoms with Gasteiger partial charge in [-0.2, -0.15) is 0 Å². The molecule has 2 aromatic rings. The molecule has 1 saturated heterocycles. The monoisotopic (exact) mass is 486 g/mol. The lowest BCUT2D eigenvalue weighted by atomic mass is 10.1. The average molecular weight is 487 g/mol. The highest BCUT2D eigenvalue weighted by atomic mass is 32.1. The van der Waals surface area contributed by atoms with Crippen molar-refractivity contribution >= 4 is 41.0 Å². The fraction of sp³-hybridized carbons (Fsp3) is 0.292. The lowest BCUT2D eigenvalue weighted by molar-refractivity contribution is -0.140. The third-order valence-corrected chi connectivity index (χ3v) is 5.49. The number of esters is 1. The van der Waals surface area contributed by atoms with Crippen LogP contribution in [0.3, 0.4) is 0 Å². The molecule has 0 unspecified atom stereocenters. The maximum absolute atomic E-state index is 13.5. The number of anilines is 1. The van der Waals surface area contributed by atoms with Crippen LogP contribution in [0.15, 0.2) is 42.1 Å². The lowest BCUT2D eigenvalue weighted by Crippen LogP contribution is -2.35. The zero-order chi connectivity index (χ0) is 24.8. The first-order valence-corrected chi connectivity index (χ1v) is 10.8. The first kappa shape index (κ1) is 24.8. The molecule has 1 heterocycles. The molecule has 0 bridgehead atoms. The molecule has 3 rings (SSSR count). The smallest absolute Gasteiger partial charge is 0.325 e. The van der Waals surface area contributed by atoms with Gasteiger partial charge in [-0.05, 0) is 55.5 Å². The Morgan fingerprint density at radius 3 is 2.15 bits per heavy atom. The number of thiocarbonyl (C=S) groups is 1. The van der Waals surface area contributed by atoms with Crippen LogP contribution >= 0.6 is 12.2 Å². The number of rotatable bonds is 9. The zero-order valence-electron chi connectivity index (χ0n) is 19.6. The summed E-state index contributed by atoms with van der Waals surface area (Å²) in [7, 11) is 5.80. The fourth-order valence-electron chi connectivity index (χ4n) is 3.43. The third-order valence-electron chi connectivity index (χ3n) is 5.08. The molecule has 0 atom stereocenters. The number of ether oxygens (including phenoxy) is 5. The molecule has 0 saturated carbocycles. The molecule has 0 aromatic heterocycles. The second-order valence-electron chi connectivity index (χ2n) is 6.99. The molecule has 1 aliphatic heterocycles. The highest BCUT2D eigenvalue weighted by Gasteiger charge is 2.40. The van der Waals surface area contributed by atoms with Gasteiger partial charge in [0.15, 0.2) is 16.6 Å². The number of hydrogen-bond acceptors (Lipinski definition) is 8. The number of carbonyl (C=O) groups excluding carboxylic acids is 2. The van der Waals surface area contributed by atoms with Gasteiger partial charge in [-0.3, -0.25) is 14.5 Å². The third kappa shape index (κ3) is 4.91. The minimum absolute atomic E-state index is 0.144. The minimum atomic E-state index is -0.547. The molecule has 34 heavy (non-hydrogen) atoms. The van der Waals surface area contributed by atoms with Gasteiger partial charge in [0.05, 0.1) is 40.7 Å². The summed E-state index contributed by atoms with van der Waals surface area (Å²) in [6, 6.07) is 10.3. The average Bonchev–Trinajstić information content (AvgIpc) is 3.08. The van der Waals surface area contributed by atoms with E-state index in [1.54, 1.807) is 42.5 Å². The lowest BCUT2D eigenvalue weighted by Gasteiger charge is -2.19. The van der Waals surface area contributed by atoms with Crippen LogP contribution < -0.4 is 23.8 Å². The SMILES string of the molecule is CCOc1ccc(N2C(=O)/C(=C/c3cc(OC)c(OC)cc3OC)N(CC(=O)OC)C2=S)cc1. The van der Waals surface area contributed by atoms with Crippen LogP contribution in [0, 0.1) is 0 Å². The van der Waals surface area contributed by atoms with Crippen molar-refractivity contribution < 1.29 is 33.3 Å². The van der Waals surface area contributed by atoms with Crippen LogP contribution in [0.4, 0.5) is 5.69 Å². The largest absolute Gasteiger partial charge is 0.496 e. The molecule has 0 aliphatic carbocycles. The Hall–Kier alpha value is -3.79. The van der Waals surface area contributed by atoms with Gasteiger partial charge in [-0.25, -0.2) is 0 Å². The summed E-state index contributed by atoms with van der Waals surface area (Å²) in [5, 5.41) is 0.144. The normalized spacial score (nSPS) is 14.4. The van der Waals surface area contributed by atoms with Crippen molar-refractivity contribution in [2.24, 2.45) is 0 Å².